The average molecular weight is 283 g/mol. The van der Waals surface area contributed by atoms with Crippen LogP contribution in [-0.2, 0) is 20.5 Å². The van der Waals surface area contributed by atoms with Crippen LogP contribution in [0.5, 0.6) is 0 Å². The second-order valence-corrected chi connectivity index (χ2v) is 5.10. The van der Waals surface area contributed by atoms with Gasteiger partial charge in [0.05, 0.1) is 28.6 Å². The highest BCUT2D eigenvalue weighted by Gasteiger charge is 2.21. The highest BCUT2D eigenvalue weighted by molar-refractivity contribution is 6.31. The first kappa shape index (κ1) is 14.0. The van der Waals surface area contributed by atoms with Gasteiger partial charge in [0.1, 0.15) is 0 Å². The van der Waals surface area contributed by atoms with Crippen LogP contribution >= 0.6 is 11.6 Å². The molecule has 0 aliphatic rings. The molecule has 0 bridgehead atoms. The zero-order valence-electron chi connectivity index (χ0n) is 11.6. The molecule has 1 unspecified atom stereocenters. The van der Waals surface area contributed by atoms with Crippen molar-refractivity contribution in [3.8, 4) is 0 Å². The third kappa shape index (κ3) is 2.51. The van der Waals surface area contributed by atoms with Gasteiger partial charge in [-0.15, -0.1) is 0 Å². The maximum Gasteiger partial charge on any atom is 0.0834 e. The predicted molar refractivity (Wildman–Crippen MR) is 74.7 cm³/mol. The number of rotatable bonds is 4. The number of nitrogens with zero attached hydrogens (tertiary/aromatic N) is 4. The number of hydrazine groups is 1. The molecular weight excluding hydrogens is 264 g/mol. The summed E-state index contributed by atoms with van der Waals surface area (Å²) in [6.45, 7) is 4.05. The van der Waals surface area contributed by atoms with E-state index in [1.54, 1.807) is 10.9 Å². The number of hydrogen-bond donors (Lipinski definition) is 2. The molecular formula is C12H19ClN6. The van der Waals surface area contributed by atoms with E-state index < -0.39 is 0 Å². The molecule has 0 saturated carbocycles. The van der Waals surface area contributed by atoms with Gasteiger partial charge < -0.3 is 0 Å². The zero-order chi connectivity index (χ0) is 14.2. The lowest BCUT2D eigenvalue weighted by atomic mass is 10.0. The molecule has 0 amide bonds. The van der Waals surface area contributed by atoms with Crippen molar-refractivity contribution in [2.24, 2.45) is 19.9 Å². The summed E-state index contributed by atoms with van der Waals surface area (Å²) in [5, 5.41) is 9.18. The molecule has 0 radical (unpaired) electrons. The Balaban J connectivity index is 2.35. The van der Waals surface area contributed by atoms with Gasteiger partial charge in [0.15, 0.2) is 0 Å². The van der Waals surface area contributed by atoms with Gasteiger partial charge in [0, 0.05) is 19.8 Å². The van der Waals surface area contributed by atoms with E-state index in [2.05, 4.69) is 15.6 Å². The fourth-order valence-electron chi connectivity index (χ4n) is 2.36. The van der Waals surface area contributed by atoms with Gasteiger partial charge in [0.25, 0.3) is 0 Å². The monoisotopic (exact) mass is 282 g/mol. The number of nitrogens with two attached hydrogens (primary N) is 1. The van der Waals surface area contributed by atoms with Crippen molar-refractivity contribution in [1.29, 1.82) is 0 Å². The van der Waals surface area contributed by atoms with Crippen LogP contribution < -0.4 is 11.3 Å². The average Bonchev–Trinajstić information content (AvgIpc) is 2.81. The Bertz CT molecular complexity index is 566. The molecule has 0 spiro atoms. The highest BCUT2D eigenvalue weighted by atomic mass is 35.5. The summed E-state index contributed by atoms with van der Waals surface area (Å²) in [5.74, 6) is 5.68. The Labute approximate surface area is 117 Å². The van der Waals surface area contributed by atoms with Crippen LogP contribution in [0.15, 0.2) is 6.20 Å². The van der Waals surface area contributed by atoms with Gasteiger partial charge in [-0.25, -0.2) is 0 Å². The fraction of sp³-hybridized carbons (Fsp3) is 0.500. The smallest absolute Gasteiger partial charge is 0.0834 e. The molecule has 0 saturated heterocycles. The molecule has 2 aromatic heterocycles. The minimum Gasteiger partial charge on any atom is -0.272 e. The molecule has 2 heterocycles. The Hall–Kier alpha value is -1.37. The van der Waals surface area contributed by atoms with Gasteiger partial charge in [-0.2, -0.15) is 10.2 Å². The zero-order valence-corrected chi connectivity index (χ0v) is 12.4. The highest BCUT2D eigenvalue weighted by Crippen LogP contribution is 2.26. The Morgan fingerprint density at radius 2 is 2.05 bits per heavy atom. The third-order valence-electron chi connectivity index (χ3n) is 3.54. The molecule has 0 aliphatic heterocycles. The molecule has 0 fully saturated rings. The molecule has 19 heavy (non-hydrogen) atoms. The minimum absolute atomic E-state index is 0.0957. The van der Waals surface area contributed by atoms with E-state index in [4.69, 9.17) is 17.4 Å². The summed E-state index contributed by atoms with van der Waals surface area (Å²) < 4.78 is 3.62. The predicted octanol–water partition coefficient (Wildman–Crippen LogP) is 1.17. The van der Waals surface area contributed by atoms with Crippen molar-refractivity contribution in [3.63, 3.8) is 0 Å². The van der Waals surface area contributed by atoms with E-state index in [1.807, 2.05) is 32.6 Å². The molecule has 0 aromatic carbocycles. The normalized spacial score (nSPS) is 12.9. The first-order chi connectivity index (χ1) is 8.95. The van der Waals surface area contributed by atoms with E-state index in [9.17, 15) is 0 Å². The molecule has 2 aromatic rings. The minimum atomic E-state index is -0.0957. The summed E-state index contributed by atoms with van der Waals surface area (Å²) in [6, 6.07) is -0.0957. The van der Waals surface area contributed by atoms with Crippen LogP contribution in [0, 0.1) is 13.8 Å². The van der Waals surface area contributed by atoms with E-state index in [0.717, 1.165) is 23.5 Å². The van der Waals surface area contributed by atoms with E-state index >= 15 is 0 Å². The summed E-state index contributed by atoms with van der Waals surface area (Å²) in [7, 11) is 3.79. The van der Waals surface area contributed by atoms with Crippen molar-refractivity contribution in [1.82, 2.24) is 25.0 Å². The van der Waals surface area contributed by atoms with Crippen LogP contribution in [0.4, 0.5) is 0 Å². The first-order valence-corrected chi connectivity index (χ1v) is 6.46. The summed E-state index contributed by atoms with van der Waals surface area (Å²) in [6.07, 6.45) is 2.35. The Kier molecular flexibility index (Phi) is 3.93. The topological polar surface area (TPSA) is 73.7 Å². The maximum atomic E-state index is 6.17. The van der Waals surface area contributed by atoms with Crippen molar-refractivity contribution in [2.45, 2.75) is 26.3 Å². The lowest BCUT2D eigenvalue weighted by Gasteiger charge is -2.17. The Morgan fingerprint density at radius 1 is 1.37 bits per heavy atom. The second-order valence-electron chi connectivity index (χ2n) is 4.70. The van der Waals surface area contributed by atoms with Crippen LogP contribution in [0.3, 0.4) is 0 Å². The van der Waals surface area contributed by atoms with Crippen molar-refractivity contribution < 1.29 is 0 Å². The quantitative estimate of drug-likeness (QED) is 0.652. The third-order valence-corrected chi connectivity index (χ3v) is 3.83. The number of aromatic nitrogens is 4. The number of halogens is 1. The van der Waals surface area contributed by atoms with Gasteiger partial charge in [0.2, 0.25) is 0 Å². The van der Waals surface area contributed by atoms with Crippen LogP contribution in [-0.4, -0.2) is 19.6 Å². The molecule has 104 valence electrons. The molecule has 3 N–H and O–H groups in total. The summed E-state index contributed by atoms with van der Waals surface area (Å²) in [4.78, 5) is 0. The second kappa shape index (κ2) is 5.32. The van der Waals surface area contributed by atoms with Crippen LogP contribution in [0.25, 0.3) is 0 Å². The lowest BCUT2D eigenvalue weighted by molar-refractivity contribution is 0.507. The Morgan fingerprint density at radius 3 is 2.47 bits per heavy atom. The molecule has 1 atom stereocenters. The van der Waals surface area contributed by atoms with E-state index in [1.165, 1.54) is 5.56 Å². The standard InChI is InChI=1S/C12H19ClN6/c1-7-9(8(2)18(3)17-7)5-11(16-14)12-10(13)6-15-19(12)4/h6,11,16H,5,14H2,1-4H3. The number of hydrogen-bond acceptors (Lipinski definition) is 4. The van der Waals surface area contributed by atoms with Gasteiger partial charge >= 0.3 is 0 Å². The van der Waals surface area contributed by atoms with Crippen molar-refractivity contribution in [3.05, 3.63) is 33.9 Å². The molecule has 6 nitrogen and oxygen atoms in total. The SMILES string of the molecule is Cc1nn(C)c(C)c1CC(NN)c1c(Cl)cnn1C. The number of aryl methyl sites for hydroxylation is 3. The summed E-state index contributed by atoms with van der Waals surface area (Å²) >= 11 is 6.17. The van der Waals surface area contributed by atoms with Crippen LogP contribution in [0.2, 0.25) is 5.02 Å². The van der Waals surface area contributed by atoms with Gasteiger partial charge in [-0.1, -0.05) is 11.6 Å². The lowest BCUT2D eigenvalue weighted by Crippen LogP contribution is -2.31. The van der Waals surface area contributed by atoms with Crippen molar-refractivity contribution in [2.75, 3.05) is 0 Å². The summed E-state index contributed by atoms with van der Waals surface area (Å²) in [5.41, 5.74) is 7.03. The fourth-order valence-corrected chi connectivity index (χ4v) is 2.66. The van der Waals surface area contributed by atoms with Gasteiger partial charge in [-0.05, 0) is 25.8 Å². The number of nitrogens with one attached hydrogen (secondary N) is 1. The van der Waals surface area contributed by atoms with E-state index in [0.29, 0.717) is 5.02 Å². The molecule has 0 aliphatic carbocycles. The molecule has 2 rings (SSSR count). The maximum absolute atomic E-state index is 6.17. The molecule has 7 heteroatoms. The van der Waals surface area contributed by atoms with Crippen molar-refractivity contribution >= 4 is 11.6 Å². The largest absolute Gasteiger partial charge is 0.272 e. The van der Waals surface area contributed by atoms with Crippen LogP contribution in [0.1, 0.15) is 28.7 Å². The first-order valence-electron chi connectivity index (χ1n) is 6.08. The van der Waals surface area contributed by atoms with Gasteiger partial charge in [-0.3, -0.25) is 20.6 Å². The van der Waals surface area contributed by atoms with E-state index in [-0.39, 0.29) is 6.04 Å².